The van der Waals surface area contributed by atoms with Crippen molar-refractivity contribution in [2.75, 3.05) is 20.3 Å². The maximum atomic E-state index is 12.0. The maximum absolute atomic E-state index is 12.0. The first-order chi connectivity index (χ1) is 9.26. The zero-order valence-corrected chi connectivity index (χ0v) is 11.6. The summed E-state index contributed by atoms with van der Waals surface area (Å²) in [6.45, 7) is 3.04. The van der Waals surface area contributed by atoms with Crippen LogP contribution in [-0.2, 0) is 4.74 Å². The molecular formula is C15H22N2O2. The van der Waals surface area contributed by atoms with E-state index in [1.165, 1.54) is 11.3 Å². The Hall–Kier alpha value is -1.36. The monoisotopic (exact) mass is 262 g/mol. The van der Waals surface area contributed by atoms with Crippen LogP contribution in [-0.4, -0.2) is 20.3 Å². The molecule has 2 N–H and O–H groups in total. The third-order valence-corrected chi connectivity index (χ3v) is 3.56. The van der Waals surface area contributed by atoms with E-state index in [0.717, 1.165) is 12.1 Å². The molecule has 4 nitrogen and oxygen atoms in total. The Bertz CT molecular complexity index is 435. The molecule has 0 aromatic rings. The topological polar surface area (TPSA) is 48.8 Å². The molecule has 0 fully saturated rings. The lowest BCUT2D eigenvalue weighted by Gasteiger charge is -2.24. The predicted molar refractivity (Wildman–Crippen MR) is 76.0 cm³/mol. The number of hydrogen-bond acceptors (Lipinski definition) is 3. The number of quaternary nitrogens is 1. The van der Waals surface area contributed by atoms with Gasteiger partial charge in [-0.2, -0.15) is 0 Å². The molecule has 2 unspecified atom stereocenters. The van der Waals surface area contributed by atoms with Crippen molar-refractivity contribution >= 4 is 0 Å². The molecule has 1 heterocycles. The van der Waals surface area contributed by atoms with E-state index >= 15 is 0 Å². The van der Waals surface area contributed by atoms with Crippen molar-refractivity contribution in [3.05, 3.63) is 52.7 Å². The summed E-state index contributed by atoms with van der Waals surface area (Å²) in [4.78, 5) is 0. The van der Waals surface area contributed by atoms with Gasteiger partial charge in [0.25, 0.3) is 0 Å². The molecule has 2 aliphatic rings. The summed E-state index contributed by atoms with van der Waals surface area (Å²) in [6, 6.07) is 0. The summed E-state index contributed by atoms with van der Waals surface area (Å²) < 4.78 is 5.09. The van der Waals surface area contributed by atoms with Crippen molar-refractivity contribution in [2.45, 2.75) is 19.8 Å². The van der Waals surface area contributed by atoms with Crippen molar-refractivity contribution in [2.24, 2.45) is 5.92 Å². The highest BCUT2D eigenvalue weighted by Crippen LogP contribution is 2.31. The lowest BCUT2D eigenvalue weighted by molar-refractivity contribution is -0.805. The zero-order valence-electron chi connectivity index (χ0n) is 11.6. The Morgan fingerprint density at radius 3 is 3.21 bits per heavy atom. The van der Waals surface area contributed by atoms with Crippen LogP contribution in [0.5, 0.6) is 0 Å². The molecule has 0 saturated heterocycles. The van der Waals surface area contributed by atoms with Crippen LogP contribution >= 0.6 is 0 Å². The van der Waals surface area contributed by atoms with Gasteiger partial charge in [-0.25, -0.2) is 0 Å². The second-order valence-electron chi connectivity index (χ2n) is 4.82. The molecule has 0 aromatic heterocycles. The van der Waals surface area contributed by atoms with Crippen molar-refractivity contribution in [1.82, 2.24) is 5.32 Å². The summed E-state index contributed by atoms with van der Waals surface area (Å²) in [5.74, 6) is 0.382. The summed E-state index contributed by atoms with van der Waals surface area (Å²) >= 11 is 0. The lowest BCUT2D eigenvalue weighted by Crippen LogP contribution is -3.04. The quantitative estimate of drug-likeness (QED) is 0.708. The largest absolute Gasteiger partial charge is 0.629 e. The van der Waals surface area contributed by atoms with Crippen LogP contribution in [0.15, 0.2) is 47.5 Å². The first-order valence-electron chi connectivity index (χ1n) is 6.82. The molecule has 0 saturated carbocycles. The van der Waals surface area contributed by atoms with Gasteiger partial charge >= 0.3 is 0 Å². The fourth-order valence-electron chi connectivity index (χ4n) is 2.44. The third-order valence-electron chi connectivity index (χ3n) is 3.56. The van der Waals surface area contributed by atoms with Gasteiger partial charge in [-0.05, 0) is 25.0 Å². The predicted octanol–water partition coefficient (Wildman–Crippen LogP) is 1.26. The van der Waals surface area contributed by atoms with Crippen LogP contribution in [0.3, 0.4) is 0 Å². The standard InChI is InChI=1S/C15H22N2O2/c1-3-17(18)13(8-9-19-2)10-12-11-16-15-7-5-4-6-14(12)15/h4-5,7,10-11,14,16-17H,3,6,8-9H2,1-2H3/b13-10+. The molecule has 2 rings (SSSR count). The minimum atomic E-state index is 0.210. The fourth-order valence-corrected chi connectivity index (χ4v) is 2.44. The van der Waals surface area contributed by atoms with Crippen molar-refractivity contribution in [1.29, 1.82) is 0 Å². The number of fused-ring (bicyclic) bond motifs is 1. The highest BCUT2D eigenvalue weighted by atomic mass is 16.5. The van der Waals surface area contributed by atoms with Crippen LogP contribution in [0.1, 0.15) is 19.8 Å². The second-order valence-corrected chi connectivity index (χ2v) is 4.82. The zero-order chi connectivity index (χ0) is 13.7. The number of methoxy groups -OCH3 is 1. The summed E-state index contributed by atoms with van der Waals surface area (Å²) in [5.41, 5.74) is 3.29. The Labute approximate surface area is 114 Å². The Morgan fingerprint density at radius 1 is 1.63 bits per heavy atom. The van der Waals surface area contributed by atoms with Crippen LogP contribution in [0.2, 0.25) is 0 Å². The molecule has 0 bridgehead atoms. The van der Waals surface area contributed by atoms with Gasteiger partial charge in [0, 0.05) is 37.4 Å². The van der Waals surface area contributed by atoms with E-state index in [9.17, 15) is 5.21 Å². The molecular weight excluding hydrogens is 240 g/mol. The summed E-state index contributed by atoms with van der Waals surface area (Å²) in [6.07, 6.45) is 12.1. The normalized spacial score (nSPS) is 23.5. The molecule has 4 heteroatoms. The number of rotatable bonds is 6. The van der Waals surface area contributed by atoms with E-state index in [4.69, 9.17) is 4.74 Å². The van der Waals surface area contributed by atoms with E-state index in [1.54, 1.807) is 7.11 Å². The molecule has 1 aliphatic carbocycles. The van der Waals surface area contributed by atoms with Crippen LogP contribution in [0.25, 0.3) is 0 Å². The molecule has 19 heavy (non-hydrogen) atoms. The van der Waals surface area contributed by atoms with Crippen LogP contribution < -0.4 is 10.4 Å². The van der Waals surface area contributed by atoms with Crippen LogP contribution in [0.4, 0.5) is 0 Å². The number of ether oxygens (including phenoxy) is 1. The van der Waals surface area contributed by atoms with Gasteiger partial charge in [-0.1, -0.05) is 12.2 Å². The van der Waals surface area contributed by atoms with E-state index in [0.29, 0.717) is 25.5 Å². The van der Waals surface area contributed by atoms with Gasteiger partial charge in [0.15, 0.2) is 0 Å². The average molecular weight is 262 g/mol. The molecule has 0 amide bonds. The number of hydrogen-bond donors (Lipinski definition) is 2. The highest BCUT2D eigenvalue weighted by molar-refractivity contribution is 5.40. The molecule has 104 valence electrons. The van der Waals surface area contributed by atoms with E-state index in [-0.39, 0.29) is 5.06 Å². The van der Waals surface area contributed by atoms with Gasteiger partial charge in [-0.15, -0.1) is 0 Å². The van der Waals surface area contributed by atoms with Crippen molar-refractivity contribution < 1.29 is 9.80 Å². The van der Waals surface area contributed by atoms with Crippen molar-refractivity contribution in [3.8, 4) is 0 Å². The smallest absolute Gasteiger partial charge is 0.110 e. The fraction of sp³-hybridized carbons (Fsp3) is 0.467. The van der Waals surface area contributed by atoms with Gasteiger partial charge in [-0.3, -0.25) is 0 Å². The van der Waals surface area contributed by atoms with E-state index in [2.05, 4.69) is 23.5 Å². The lowest BCUT2D eigenvalue weighted by atomic mass is 9.91. The molecule has 1 aliphatic heterocycles. The van der Waals surface area contributed by atoms with Gasteiger partial charge < -0.3 is 20.3 Å². The Morgan fingerprint density at radius 2 is 2.47 bits per heavy atom. The molecule has 0 aromatic carbocycles. The van der Waals surface area contributed by atoms with Crippen molar-refractivity contribution in [3.63, 3.8) is 0 Å². The average Bonchev–Trinajstić information content (AvgIpc) is 2.86. The first kappa shape index (κ1) is 14.1. The molecule has 2 atom stereocenters. The minimum Gasteiger partial charge on any atom is -0.629 e. The van der Waals surface area contributed by atoms with Gasteiger partial charge in [0.05, 0.1) is 13.2 Å². The Kier molecular flexibility index (Phi) is 4.96. The number of nitrogens with one attached hydrogen (secondary N) is 2. The summed E-state index contributed by atoms with van der Waals surface area (Å²) in [7, 11) is 1.66. The molecule has 0 spiro atoms. The first-order valence-corrected chi connectivity index (χ1v) is 6.82. The maximum Gasteiger partial charge on any atom is 0.110 e. The molecule has 0 radical (unpaired) electrons. The third kappa shape index (κ3) is 3.35. The SMILES string of the molecule is CC[NH+]([O-])/C(=C/C1=CNC2=CC=CCC12)CCOC. The van der Waals surface area contributed by atoms with Crippen LogP contribution in [0, 0.1) is 11.1 Å². The van der Waals surface area contributed by atoms with Gasteiger partial charge in [0.2, 0.25) is 0 Å². The Balaban J connectivity index is 2.12. The van der Waals surface area contributed by atoms with E-state index < -0.39 is 0 Å². The van der Waals surface area contributed by atoms with E-state index in [1.807, 2.05) is 19.2 Å². The summed E-state index contributed by atoms with van der Waals surface area (Å²) in [5, 5.41) is 15.5. The number of allylic oxidation sites excluding steroid dienone is 5. The minimum absolute atomic E-state index is 0.210. The van der Waals surface area contributed by atoms with Gasteiger partial charge in [0.1, 0.15) is 5.70 Å². The second kappa shape index (κ2) is 6.70. The number of hydroxylamine groups is 2. The highest BCUT2D eigenvalue weighted by Gasteiger charge is 2.24.